The molecule has 1 aromatic rings. The molecule has 0 amide bonds. The van der Waals surface area contributed by atoms with Gasteiger partial charge >= 0.3 is 0 Å². The van der Waals surface area contributed by atoms with E-state index in [1.807, 2.05) is 14.0 Å². The summed E-state index contributed by atoms with van der Waals surface area (Å²) < 4.78 is 0. The van der Waals surface area contributed by atoms with E-state index in [2.05, 4.69) is 15.3 Å². The zero-order valence-corrected chi connectivity index (χ0v) is 8.37. The van der Waals surface area contributed by atoms with Crippen molar-refractivity contribution in [2.45, 2.75) is 13.5 Å². The molecule has 1 heterocycles. The predicted octanol–water partition coefficient (Wildman–Crippen LogP) is 1.81. The number of halogens is 2. The first-order valence-electron chi connectivity index (χ1n) is 3.48. The molecule has 0 fully saturated rings. The Hall–Kier alpha value is -0.380. The predicted molar refractivity (Wildman–Crippen MR) is 49.6 cm³/mol. The summed E-state index contributed by atoms with van der Waals surface area (Å²) in [5.41, 5.74) is 1.71. The molecule has 0 radical (unpaired) electrons. The summed E-state index contributed by atoms with van der Waals surface area (Å²) in [5, 5.41) is 3.58. The molecule has 0 atom stereocenters. The highest BCUT2D eigenvalue weighted by atomic mass is 35.5. The van der Waals surface area contributed by atoms with Gasteiger partial charge in [0.2, 0.25) is 5.28 Å². The molecule has 1 N–H and O–H groups in total. The maximum atomic E-state index is 5.79. The lowest BCUT2D eigenvalue weighted by Crippen LogP contribution is -2.09. The van der Waals surface area contributed by atoms with Crippen LogP contribution in [-0.2, 0) is 6.54 Å². The molecule has 0 bridgehead atoms. The van der Waals surface area contributed by atoms with E-state index in [9.17, 15) is 0 Å². The molecule has 1 aromatic heterocycles. The molecule has 5 heteroatoms. The van der Waals surface area contributed by atoms with Crippen LogP contribution in [0.5, 0.6) is 0 Å². The van der Waals surface area contributed by atoms with Crippen LogP contribution in [0, 0.1) is 6.92 Å². The summed E-state index contributed by atoms with van der Waals surface area (Å²) in [5.74, 6) is 0. The number of nitrogens with one attached hydrogen (secondary N) is 1. The lowest BCUT2D eigenvalue weighted by atomic mass is 10.2. The van der Waals surface area contributed by atoms with Crippen LogP contribution in [0.4, 0.5) is 0 Å². The van der Waals surface area contributed by atoms with Gasteiger partial charge in [0.15, 0.2) is 0 Å². The fourth-order valence-corrected chi connectivity index (χ4v) is 1.26. The van der Waals surface area contributed by atoms with Crippen molar-refractivity contribution in [2.75, 3.05) is 7.05 Å². The van der Waals surface area contributed by atoms with E-state index in [4.69, 9.17) is 23.2 Å². The molecule has 3 nitrogen and oxygen atoms in total. The van der Waals surface area contributed by atoms with Gasteiger partial charge in [-0.1, -0.05) is 11.6 Å². The van der Waals surface area contributed by atoms with Gasteiger partial charge in [0.05, 0.1) is 5.69 Å². The first-order chi connectivity index (χ1) is 5.65. The Balaban J connectivity index is 3.09. The van der Waals surface area contributed by atoms with Gasteiger partial charge < -0.3 is 5.32 Å². The molecular weight excluding hydrogens is 197 g/mol. The fourth-order valence-electron chi connectivity index (χ4n) is 0.844. The van der Waals surface area contributed by atoms with Crippen molar-refractivity contribution in [3.63, 3.8) is 0 Å². The van der Waals surface area contributed by atoms with Crippen molar-refractivity contribution in [1.82, 2.24) is 15.3 Å². The van der Waals surface area contributed by atoms with Gasteiger partial charge in [-0.25, -0.2) is 9.97 Å². The summed E-state index contributed by atoms with van der Waals surface area (Å²) in [4.78, 5) is 7.84. The summed E-state index contributed by atoms with van der Waals surface area (Å²) >= 11 is 11.4. The van der Waals surface area contributed by atoms with Gasteiger partial charge in [0.1, 0.15) is 5.15 Å². The van der Waals surface area contributed by atoms with Crippen molar-refractivity contribution in [3.8, 4) is 0 Å². The van der Waals surface area contributed by atoms with Gasteiger partial charge in [-0.3, -0.25) is 0 Å². The average molecular weight is 206 g/mol. The maximum Gasteiger partial charge on any atom is 0.224 e. The Labute approximate surface area is 81.1 Å². The van der Waals surface area contributed by atoms with Crippen molar-refractivity contribution in [3.05, 3.63) is 21.7 Å². The van der Waals surface area contributed by atoms with Gasteiger partial charge in [0, 0.05) is 12.1 Å². The molecule has 0 aliphatic carbocycles. The van der Waals surface area contributed by atoms with E-state index in [-0.39, 0.29) is 5.28 Å². The highest BCUT2D eigenvalue weighted by Gasteiger charge is 2.06. The standard InChI is InChI=1S/C7H9Cl2N3/c1-4-5(3-10-2)11-7(9)12-6(4)8/h10H,3H2,1-2H3. The number of hydrogen-bond acceptors (Lipinski definition) is 3. The Kier molecular flexibility index (Phi) is 3.26. The molecule has 1 rings (SSSR count). The van der Waals surface area contributed by atoms with Crippen LogP contribution in [0.3, 0.4) is 0 Å². The third kappa shape index (κ3) is 2.06. The number of rotatable bonds is 2. The minimum absolute atomic E-state index is 0.191. The Bertz CT molecular complexity index is 288. The largest absolute Gasteiger partial charge is 0.314 e. The van der Waals surface area contributed by atoms with E-state index in [0.29, 0.717) is 11.7 Å². The van der Waals surface area contributed by atoms with E-state index in [1.165, 1.54) is 0 Å². The molecule has 0 unspecified atom stereocenters. The number of aromatic nitrogens is 2. The van der Waals surface area contributed by atoms with E-state index in [1.54, 1.807) is 0 Å². The highest BCUT2D eigenvalue weighted by molar-refractivity contribution is 6.32. The Morgan fingerprint density at radius 1 is 1.33 bits per heavy atom. The van der Waals surface area contributed by atoms with Crippen molar-refractivity contribution >= 4 is 23.2 Å². The second kappa shape index (κ2) is 4.03. The molecule has 66 valence electrons. The number of hydrogen-bond donors (Lipinski definition) is 1. The monoisotopic (exact) mass is 205 g/mol. The molecule has 0 spiro atoms. The zero-order chi connectivity index (χ0) is 9.14. The molecule has 12 heavy (non-hydrogen) atoms. The van der Waals surface area contributed by atoms with Crippen molar-refractivity contribution < 1.29 is 0 Å². The van der Waals surface area contributed by atoms with Crippen molar-refractivity contribution in [1.29, 1.82) is 0 Å². The molecule has 0 aliphatic rings. The average Bonchev–Trinajstić information content (AvgIpc) is 2.00. The lowest BCUT2D eigenvalue weighted by molar-refractivity contribution is 0.778. The van der Waals surface area contributed by atoms with Gasteiger partial charge in [-0.05, 0) is 25.6 Å². The van der Waals surface area contributed by atoms with Crippen LogP contribution in [-0.4, -0.2) is 17.0 Å². The van der Waals surface area contributed by atoms with Gasteiger partial charge in [-0.2, -0.15) is 0 Å². The first-order valence-corrected chi connectivity index (χ1v) is 4.24. The Morgan fingerprint density at radius 3 is 2.58 bits per heavy atom. The highest BCUT2D eigenvalue weighted by Crippen LogP contribution is 2.17. The third-order valence-electron chi connectivity index (χ3n) is 1.50. The zero-order valence-electron chi connectivity index (χ0n) is 6.86. The normalized spacial score (nSPS) is 10.3. The Morgan fingerprint density at radius 2 is 2.00 bits per heavy atom. The second-order valence-electron chi connectivity index (χ2n) is 2.39. The number of nitrogens with zero attached hydrogens (tertiary/aromatic N) is 2. The topological polar surface area (TPSA) is 37.8 Å². The van der Waals surface area contributed by atoms with Crippen LogP contribution >= 0.6 is 23.2 Å². The summed E-state index contributed by atoms with van der Waals surface area (Å²) in [7, 11) is 1.84. The quantitative estimate of drug-likeness (QED) is 0.592. The third-order valence-corrected chi connectivity index (χ3v) is 2.04. The smallest absolute Gasteiger partial charge is 0.224 e. The van der Waals surface area contributed by atoms with Crippen LogP contribution in [0.1, 0.15) is 11.3 Å². The molecule has 0 saturated heterocycles. The molecule has 0 aliphatic heterocycles. The lowest BCUT2D eigenvalue weighted by Gasteiger charge is -2.04. The van der Waals surface area contributed by atoms with Crippen molar-refractivity contribution in [2.24, 2.45) is 0 Å². The maximum absolute atomic E-state index is 5.79. The van der Waals surface area contributed by atoms with Crippen LogP contribution < -0.4 is 5.32 Å². The molecule has 0 saturated carbocycles. The SMILES string of the molecule is CNCc1nc(Cl)nc(Cl)c1C. The summed E-state index contributed by atoms with van der Waals surface area (Å²) in [6.45, 7) is 2.51. The summed E-state index contributed by atoms with van der Waals surface area (Å²) in [6, 6.07) is 0. The minimum Gasteiger partial charge on any atom is -0.314 e. The van der Waals surface area contributed by atoms with E-state index >= 15 is 0 Å². The second-order valence-corrected chi connectivity index (χ2v) is 3.08. The van der Waals surface area contributed by atoms with Gasteiger partial charge in [-0.15, -0.1) is 0 Å². The first kappa shape index (κ1) is 9.71. The van der Waals surface area contributed by atoms with Crippen LogP contribution in [0.25, 0.3) is 0 Å². The van der Waals surface area contributed by atoms with E-state index in [0.717, 1.165) is 11.3 Å². The molecular formula is C7H9Cl2N3. The van der Waals surface area contributed by atoms with E-state index < -0.39 is 0 Å². The van der Waals surface area contributed by atoms with Crippen LogP contribution in [0.2, 0.25) is 10.4 Å². The fraction of sp³-hybridized carbons (Fsp3) is 0.429. The van der Waals surface area contributed by atoms with Crippen LogP contribution in [0.15, 0.2) is 0 Å². The summed E-state index contributed by atoms with van der Waals surface area (Å²) in [6.07, 6.45) is 0. The molecule has 0 aromatic carbocycles. The van der Waals surface area contributed by atoms with Gasteiger partial charge in [0.25, 0.3) is 0 Å². The minimum atomic E-state index is 0.191.